The molecule has 0 aliphatic heterocycles. The molecule has 0 aromatic carbocycles. The van der Waals surface area contributed by atoms with E-state index in [1.165, 1.54) is 51.4 Å². The molecule has 5 unspecified atom stereocenters. The highest BCUT2D eigenvalue weighted by atomic mass is 31.2. The van der Waals surface area contributed by atoms with Crippen molar-refractivity contribution in [2.24, 2.45) is 46.3 Å². The summed E-state index contributed by atoms with van der Waals surface area (Å²) in [6.07, 6.45) is 17.2. The van der Waals surface area contributed by atoms with Crippen LogP contribution in [0.3, 0.4) is 0 Å². The average molecular weight is 649 g/mol. The summed E-state index contributed by atoms with van der Waals surface area (Å²) in [4.78, 5) is 12.7. The Morgan fingerprint density at radius 2 is 1.71 bits per heavy atom. The summed E-state index contributed by atoms with van der Waals surface area (Å²) in [5.41, 5.74) is 2.38. The molecule has 4 aliphatic carbocycles. The zero-order valence-corrected chi connectivity index (χ0v) is 31.6. The predicted octanol–water partition coefficient (Wildman–Crippen LogP) is 10.5. The number of alkyl carbamates (subject to hydrolysis) is 1. The molecule has 4 aliphatic rings. The van der Waals surface area contributed by atoms with Gasteiger partial charge in [0, 0.05) is 32.2 Å². The number of nitrogens with one attached hydrogen (secondary N) is 1. The number of hydrogen-bond donors (Lipinski definition) is 1. The molecule has 7 heteroatoms. The number of carbonyl (C=O) groups is 1. The van der Waals surface area contributed by atoms with Gasteiger partial charge in [-0.2, -0.15) is 0 Å². The van der Waals surface area contributed by atoms with Gasteiger partial charge in [0.05, 0.1) is 6.61 Å². The van der Waals surface area contributed by atoms with Crippen LogP contribution in [0.4, 0.5) is 4.79 Å². The molecule has 4 rings (SSSR count). The molecule has 0 aromatic rings. The minimum Gasteiger partial charge on any atom is -0.446 e. The Balaban J connectivity index is 1.24. The molecule has 0 heterocycles. The Morgan fingerprint density at radius 3 is 2.38 bits per heavy atom. The lowest BCUT2D eigenvalue weighted by atomic mass is 9.47. The van der Waals surface area contributed by atoms with Gasteiger partial charge in [-0.25, -0.2) is 9.46 Å². The van der Waals surface area contributed by atoms with Crippen molar-refractivity contribution in [1.82, 2.24) is 9.99 Å². The van der Waals surface area contributed by atoms with E-state index >= 15 is 0 Å². The van der Waals surface area contributed by atoms with Crippen LogP contribution in [0, 0.1) is 46.3 Å². The second-order valence-electron chi connectivity index (χ2n) is 16.7. The lowest BCUT2D eigenvalue weighted by molar-refractivity contribution is -0.0581. The number of carbonyl (C=O) groups excluding carboxylic acids is 1. The second kappa shape index (κ2) is 16.1. The molecular formula is C38H69N2O4P. The zero-order chi connectivity index (χ0) is 32.9. The number of rotatable bonds is 15. The number of hydrogen-bond acceptors (Lipinski definition) is 5. The number of amides is 1. The van der Waals surface area contributed by atoms with Crippen LogP contribution in [-0.2, 0) is 13.8 Å². The number of nitrogens with zero attached hydrogens (tertiary/aromatic N) is 1. The second-order valence-corrected chi connectivity index (χ2v) is 18.2. The predicted molar refractivity (Wildman–Crippen MR) is 188 cm³/mol. The van der Waals surface area contributed by atoms with Crippen LogP contribution in [0.2, 0.25) is 0 Å². The fourth-order valence-corrected chi connectivity index (χ4v) is 12.0. The first-order valence-corrected chi connectivity index (χ1v) is 19.8. The summed E-state index contributed by atoms with van der Waals surface area (Å²) in [7, 11) is 0.613. The van der Waals surface area contributed by atoms with Gasteiger partial charge in [-0.3, -0.25) is 0 Å². The van der Waals surface area contributed by atoms with Crippen LogP contribution in [-0.4, -0.2) is 49.2 Å². The van der Waals surface area contributed by atoms with Crippen molar-refractivity contribution in [3.05, 3.63) is 11.6 Å². The van der Waals surface area contributed by atoms with Gasteiger partial charge in [0.25, 0.3) is 8.53 Å². The first kappa shape index (κ1) is 37.1. The number of fused-ring (bicyclic) bond motifs is 5. The molecule has 3 saturated carbocycles. The molecule has 0 bridgehead atoms. The van der Waals surface area contributed by atoms with E-state index in [1.54, 1.807) is 12.7 Å². The van der Waals surface area contributed by atoms with E-state index in [4.69, 9.17) is 13.8 Å². The highest BCUT2D eigenvalue weighted by Crippen LogP contribution is 2.67. The quantitative estimate of drug-likeness (QED) is 0.109. The topological polar surface area (TPSA) is 60.0 Å². The minimum absolute atomic E-state index is 0.0134. The first-order valence-electron chi connectivity index (χ1n) is 18.7. The molecule has 1 amide bonds. The summed E-state index contributed by atoms with van der Waals surface area (Å²) in [5, 5.41) is 2.98. The summed E-state index contributed by atoms with van der Waals surface area (Å²) in [6.45, 7) is 22.3. The van der Waals surface area contributed by atoms with Crippen molar-refractivity contribution in [2.75, 3.05) is 20.3 Å². The van der Waals surface area contributed by atoms with E-state index in [-0.39, 0.29) is 17.6 Å². The van der Waals surface area contributed by atoms with Gasteiger partial charge in [0.2, 0.25) is 0 Å². The Bertz CT molecular complexity index is 979. The van der Waals surface area contributed by atoms with Crippen LogP contribution in [0.25, 0.3) is 0 Å². The zero-order valence-electron chi connectivity index (χ0n) is 30.7. The van der Waals surface area contributed by atoms with Crippen LogP contribution in [0.5, 0.6) is 0 Å². The van der Waals surface area contributed by atoms with E-state index in [1.807, 2.05) is 0 Å². The van der Waals surface area contributed by atoms with Crippen molar-refractivity contribution in [3.8, 4) is 0 Å². The fourth-order valence-electron chi connectivity index (χ4n) is 10.5. The highest BCUT2D eigenvalue weighted by molar-refractivity contribution is 7.44. The van der Waals surface area contributed by atoms with E-state index < -0.39 is 8.53 Å². The third-order valence-corrected chi connectivity index (χ3v) is 14.7. The van der Waals surface area contributed by atoms with Gasteiger partial charge in [-0.1, -0.05) is 65.5 Å². The van der Waals surface area contributed by atoms with Crippen molar-refractivity contribution >= 4 is 14.6 Å². The van der Waals surface area contributed by atoms with Gasteiger partial charge in [0.15, 0.2) is 0 Å². The molecule has 0 radical (unpaired) electrons. The van der Waals surface area contributed by atoms with Crippen molar-refractivity contribution < 1.29 is 18.6 Å². The summed E-state index contributed by atoms with van der Waals surface area (Å²) < 4.78 is 20.0. The van der Waals surface area contributed by atoms with Crippen LogP contribution in [0.15, 0.2) is 11.6 Å². The number of allylic oxidation sites excluding steroid dienone is 1. The first-order chi connectivity index (χ1) is 21.3. The number of ether oxygens (including phenoxy) is 1. The third-order valence-electron chi connectivity index (χ3n) is 12.7. The maximum absolute atomic E-state index is 12.7. The van der Waals surface area contributed by atoms with Gasteiger partial charge in [0.1, 0.15) is 6.10 Å². The molecule has 0 spiro atoms. The third kappa shape index (κ3) is 8.49. The lowest BCUT2D eigenvalue weighted by Gasteiger charge is -2.58. The monoisotopic (exact) mass is 648 g/mol. The maximum Gasteiger partial charge on any atom is 0.407 e. The normalized spacial score (nSPS) is 34.4. The van der Waals surface area contributed by atoms with E-state index in [0.717, 1.165) is 61.2 Å². The molecular weight excluding hydrogens is 579 g/mol. The molecule has 260 valence electrons. The van der Waals surface area contributed by atoms with Crippen LogP contribution in [0.1, 0.15) is 139 Å². The van der Waals surface area contributed by atoms with Crippen LogP contribution >= 0.6 is 8.53 Å². The average Bonchev–Trinajstić information content (AvgIpc) is 3.33. The molecule has 45 heavy (non-hydrogen) atoms. The molecule has 1 N–H and O–H groups in total. The summed E-state index contributed by atoms with van der Waals surface area (Å²) in [6, 6.07) is 0.691. The summed E-state index contributed by atoms with van der Waals surface area (Å²) >= 11 is 0. The van der Waals surface area contributed by atoms with Crippen molar-refractivity contribution in [3.63, 3.8) is 0 Å². The summed E-state index contributed by atoms with van der Waals surface area (Å²) in [5.74, 6) is 5.09. The molecule has 3 fully saturated rings. The van der Waals surface area contributed by atoms with Gasteiger partial charge in [-0.15, -0.1) is 0 Å². The van der Waals surface area contributed by atoms with E-state index in [9.17, 15) is 4.79 Å². The highest BCUT2D eigenvalue weighted by Gasteiger charge is 2.59. The largest absolute Gasteiger partial charge is 0.446 e. The van der Waals surface area contributed by atoms with Crippen LogP contribution < -0.4 is 5.32 Å². The standard InChI is InChI=1S/C38H69N2O4P/c1-26(2)13-11-14-29(7)33-17-18-34-32-16-15-30-25-31(19-21-37(30,8)35(32)20-22-38(33,34)9)44-36(41)39-23-12-24-43-45(42-10)40(27(3)4)28(5)6/h15,26-29,31-35H,11-14,16-25H2,1-10H3,(H,39,41)/t29-,31?,32?,33-,34?,35?,37+,38-,45?/m1/s1. The van der Waals surface area contributed by atoms with Gasteiger partial charge >= 0.3 is 6.09 Å². The SMILES string of the molecule is COP(OCCCNC(=O)OC1CC[C@@]2(C)C(=CCC3C2CC[C@@]2(C)C3CC[C@@H]2[C@H](C)CCCC(C)C)C1)N(C(C)C)C(C)C. The van der Waals surface area contributed by atoms with Gasteiger partial charge in [-0.05, 0) is 125 Å². The van der Waals surface area contributed by atoms with Gasteiger partial charge < -0.3 is 19.1 Å². The Kier molecular flexibility index (Phi) is 13.3. The lowest BCUT2D eigenvalue weighted by Crippen LogP contribution is -2.51. The van der Waals surface area contributed by atoms with E-state index in [2.05, 4.69) is 78.4 Å². The fraction of sp³-hybridized carbons (Fsp3) is 0.921. The minimum atomic E-state index is -1.10. The van der Waals surface area contributed by atoms with E-state index in [0.29, 0.717) is 30.7 Å². The smallest absolute Gasteiger partial charge is 0.407 e. The molecule has 0 aromatic heterocycles. The maximum atomic E-state index is 12.7. The Labute approximate surface area is 278 Å². The Morgan fingerprint density at radius 1 is 0.978 bits per heavy atom. The molecule has 9 atom stereocenters. The van der Waals surface area contributed by atoms with Crippen molar-refractivity contribution in [2.45, 2.75) is 158 Å². The molecule has 0 saturated heterocycles. The van der Waals surface area contributed by atoms with Crippen molar-refractivity contribution in [1.29, 1.82) is 0 Å². The molecule has 6 nitrogen and oxygen atoms in total. The Hall–Kier alpha value is -0.680.